The van der Waals surface area contributed by atoms with Crippen molar-refractivity contribution in [2.24, 2.45) is 0 Å². The van der Waals surface area contributed by atoms with E-state index in [0.717, 1.165) is 18.1 Å². The van der Waals surface area contributed by atoms with Crippen molar-refractivity contribution in [2.45, 2.75) is 43.6 Å². The third kappa shape index (κ3) is 2.69. The average molecular weight is 296 g/mol. The number of carbonyl (C=O) groups is 1. The molecule has 1 saturated heterocycles. The molecular formula is C14H20N2OS2. The molecule has 0 radical (unpaired) electrons. The van der Waals surface area contributed by atoms with Crippen molar-refractivity contribution < 1.29 is 4.79 Å². The molecule has 5 heteroatoms. The zero-order valence-electron chi connectivity index (χ0n) is 11.2. The molecule has 3 nitrogen and oxygen atoms in total. The molecule has 2 aliphatic rings. The van der Waals surface area contributed by atoms with Crippen LogP contribution in [0.5, 0.6) is 0 Å². The van der Waals surface area contributed by atoms with Crippen LogP contribution in [0.3, 0.4) is 0 Å². The number of hydrogen-bond donors (Lipinski definition) is 1. The molecule has 19 heavy (non-hydrogen) atoms. The van der Waals surface area contributed by atoms with Crippen molar-refractivity contribution in [2.75, 3.05) is 12.3 Å². The molecule has 1 saturated carbocycles. The first-order valence-electron chi connectivity index (χ1n) is 6.99. The highest BCUT2D eigenvalue weighted by Gasteiger charge is 2.40. The van der Waals surface area contributed by atoms with Crippen molar-refractivity contribution in [3.8, 4) is 0 Å². The molecule has 1 aliphatic carbocycles. The lowest BCUT2D eigenvalue weighted by Gasteiger charge is -2.29. The van der Waals surface area contributed by atoms with Crippen LogP contribution in [0.2, 0.25) is 0 Å². The van der Waals surface area contributed by atoms with Crippen LogP contribution in [0.25, 0.3) is 0 Å². The van der Waals surface area contributed by atoms with Crippen LogP contribution < -0.4 is 5.32 Å². The van der Waals surface area contributed by atoms with E-state index in [0.29, 0.717) is 12.6 Å². The molecule has 104 valence electrons. The van der Waals surface area contributed by atoms with Gasteiger partial charge in [0.25, 0.3) is 0 Å². The summed E-state index contributed by atoms with van der Waals surface area (Å²) in [6.07, 6.45) is 3.69. The van der Waals surface area contributed by atoms with Gasteiger partial charge in [0.05, 0.1) is 6.54 Å². The predicted molar refractivity (Wildman–Crippen MR) is 81.5 cm³/mol. The van der Waals surface area contributed by atoms with E-state index >= 15 is 0 Å². The zero-order valence-corrected chi connectivity index (χ0v) is 12.8. The Morgan fingerprint density at radius 3 is 3.16 bits per heavy atom. The van der Waals surface area contributed by atoms with Gasteiger partial charge in [-0.2, -0.15) is 11.8 Å². The van der Waals surface area contributed by atoms with Crippen LogP contribution in [0.1, 0.15) is 37.2 Å². The summed E-state index contributed by atoms with van der Waals surface area (Å²) in [6.45, 7) is 2.71. The molecule has 1 aliphatic heterocycles. The lowest BCUT2D eigenvalue weighted by Crippen LogP contribution is -2.38. The van der Waals surface area contributed by atoms with Crippen LogP contribution in [-0.4, -0.2) is 34.4 Å². The van der Waals surface area contributed by atoms with E-state index in [1.54, 1.807) is 11.3 Å². The van der Waals surface area contributed by atoms with E-state index in [9.17, 15) is 4.79 Å². The van der Waals surface area contributed by atoms with Crippen molar-refractivity contribution in [1.82, 2.24) is 10.2 Å². The smallest absolute Gasteiger partial charge is 0.238 e. The molecule has 1 amide bonds. The minimum atomic E-state index is 0.114. The van der Waals surface area contributed by atoms with E-state index < -0.39 is 0 Å². The molecule has 1 aromatic rings. The Bertz CT molecular complexity index is 435. The van der Waals surface area contributed by atoms with E-state index in [1.165, 1.54) is 17.1 Å². The largest absolute Gasteiger partial charge is 0.318 e. The van der Waals surface area contributed by atoms with Gasteiger partial charge >= 0.3 is 0 Å². The van der Waals surface area contributed by atoms with Crippen molar-refractivity contribution >= 4 is 29.0 Å². The number of nitrogens with one attached hydrogen (secondary N) is 1. The number of nitrogens with zero attached hydrogens (tertiary/aromatic N) is 1. The second-order valence-electron chi connectivity index (χ2n) is 5.14. The number of thioether (sulfide) groups is 1. The van der Waals surface area contributed by atoms with Gasteiger partial charge in [0.2, 0.25) is 5.91 Å². The van der Waals surface area contributed by atoms with Crippen LogP contribution in [-0.2, 0) is 4.79 Å². The Hall–Kier alpha value is -0.520. The standard InChI is InChI=1S/C14H20N2OS2/c1-2-18-11-6-5-10(8-11)16-13(17)9-15-14(16)12-4-3-7-19-12/h3-4,7,10-11,14-15H,2,5-6,8-9H2,1H3. The maximum absolute atomic E-state index is 12.2. The van der Waals surface area contributed by atoms with Crippen LogP contribution in [0.15, 0.2) is 17.5 Å². The fraction of sp³-hybridized carbons (Fsp3) is 0.643. The predicted octanol–water partition coefficient (Wildman–Crippen LogP) is 2.85. The first-order chi connectivity index (χ1) is 9.29. The van der Waals surface area contributed by atoms with Gasteiger partial charge in [0.15, 0.2) is 0 Å². The average Bonchev–Trinajstić information content (AvgIpc) is 3.08. The Balaban J connectivity index is 1.73. The van der Waals surface area contributed by atoms with E-state index in [-0.39, 0.29) is 12.1 Å². The van der Waals surface area contributed by atoms with Gasteiger partial charge in [-0.1, -0.05) is 13.0 Å². The molecule has 0 spiro atoms. The summed E-state index contributed by atoms with van der Waals surface area (Å²) in [4.78, 5) is 15.6. The highest BCUT2D eigenvalue weighted by atomic mass is 32.2. The molecule has 2 fully saturated rings. The van der Waals surface area contributed by atoms with E-state index in [4.69, 9.17) is 0 Å². The molecular weight excluding hydrogens is 276 g/mol. The maximum Gasteiger partial charge on any atom is 0.238 e. The van der Waals surface area contributed by atoms with Crippen molar-refractivity contribution in [3.05, 3.63) is 22.4 Å². The topological polar surface area (TPSA) is 32.3 Å². The highest BCUT2D eigenvalue weighted by Crippen LogP contribution is 2.37. The molecule has 1 aromatic heterocycles. The summed E-state index contributed by atoms with van der Waals surface area (Å²) >= 11 is 3.78. The van der Waals surface area contributed by atoms with Gasteiger partial charge in [0, 0.05) is 16.2 Å². The monoisotopic (exact) mass is 296 g/mol. The van der Waals surface area contributed by atoms with Crippen LogP contribution in [0, 0.1) is 0 Å². The summed E-state index contributed by atoms with van der Waals surface area (Å²) in [5, 5.41) is 6.19. The minimum absolute atomic E-state index is 0.114. The van der Waals surface area contributed by atoms with Gasteiger partial charge in [-0.3, -0.25) is 10.1 Å². The molecule has 0 bridgehead atoms. The summed E-state index contributed by atoms with van der Waals surface area (Å²) in [6, 6.07) is 4.62. The van der Waals surface area contributed by atoms with Gasteiger partial charge in [-0.05, 0) is 36.5 Å². The van der Waals surface area contributed by atoms with Crippen molar-refractivity contribution in [1.29, 1.82) is 0 Å². The minimum Gasteiger partial charge on any atom is -0.318 e. The first-order valence-corrected chi connectivity index (χ1v) is 8.92. The summed E-state index contributed by atoms with van der Waals surface area (Å²) in [5.41, 5.74) is 0. The fourth-order valence-electron chi connectivity index (χ4n) is 3.17. The highest BCUT2D eigenvalue weighted by molar-refractivity contribution is 7.99. The molecule has 0 aromatic carbocycles. The number of thiophene rings is 1. The molecule has 3 atom stereocenters. The molecule has 2 heterocycles. The van der Waals surface area contributed by atoms with Gasteiger partial charge in [-0.25, -0.2) is 0 Å². The third-order valence-corrected chi connectivity index (χ3v) is 6.14. The Kier molecular flexibility index (Phi) is 4.15. The Morgan fingerprint density at radius 2 is 2.42 bits per heavy atom. The van der Waals surface area contributed by atoms with Crippen LogP contribution in [0.4, 0.5) is 0 Å². The zero-order chi connectivity index (χ0) is 13.2. The maximum atomic E-state index is 12.2. The molecule has 1 N–H and O–H groups in total. The Labute approximate surface area is 122 Å². The SMILES string of the molecule is CCSC1CCC(N2C(=O)CNC2c2cccs2)C1. The van der Waals surface area contributed by atoms with Crippen LogP contribution >= 0.6 is 23.1 Å². The van der Waals surface area contributed by atoms with E-state index in [2.05, 4.69) is 34.7 Å². The van der Waals surface area contributed by atoms with Crippen molar-refractivity contribution in [3.63, 3.8) is 0 Å². The summed E-state index contributed by atoms with van der Waals surface area (Å²) in [7, 11) is 0. The lowest BCUT2D eigenvalue weighted by atomic mass is 10.2. The summed E-state index contributed by atoms with van der Waals surface area (Å²) < 4.78 is 0. The van der Waals surface area contributed by atoms with Gasteiger partial charge < -0.3 is 4.90 Å². The lowest BCUT2D eigenvalue weighted by molar-refractivity contribution is -0.130. The van der Waals surface area contributed by atoms with E-state index in [1.807, 2.05) is 11.8 Å². The normalized spacial score (nSPS) is 31.3. The number of rotatable bonds is 4. The second kappa shape index (κ2) is 5.85. The number of amides is 1. The van der Waals surface area contributed by atoms with Gasteiger partial charge in [-0.15, -0.1) is 11.3 Å². The quantitative estimate of drug-likeness (QED) is 0.927. The molecule has 3 rings (SSSR count). The number of carbonyl (C=O) groups excluding carboxylic acids is 1. The fourth-order valence-corrected chi connectivity index (χ4v) is 5.10. The number of hydrogen-bond acceptors (Lipinski definition) is 4. The second-order valence-corrected chi connectivity index (χ2v) is 7.70. The van der Waals surface area contributed by atoms with Gasteiger partial charge in [0.1, 0.15) is 6.17 Å². The summed E-state index contributed by atoms with van der Waals surface area (Å²) in [5.74, 6) is 1.45. The first kappa shape index (κ1) is 13.5. The molecule has 3 unspecified atom stereocenters. The third-order valence-electron chi connectivity index (χ3n) is 3.98. The Morgan fingerprint density at radius 1 is 1.53 bits per heavy atom.